The Morgan fingerprint density at radius 2 is 1.82 bits per heavy atom. The highest BCUT2D eigenvalue weighted by molar-refractivity contribution is 5.96. The molecule has 0 spiro atoms. The summed E-state index contributed by atoms with van der Waals surface area (Å²) in [5, 5.41) is 0. The van der Waals surface area contributed by atoms with Gasteiger partial charge in [-0.1, -0.05) is 30.3 Å². The molecule has 0 aliphatic rings. The summed E-state index contributed by atoms with van der Waals surface area (Å²) in [5.41, 5.74) is 1.52. The van der Waals surface area contributed by atoms with Gasteiger partial charge in [-0.05, 0) is 5.56 Å². The average molecular weight is 228 g/mol. The van der Waals surface area contributed by atoms with Gasteiger partial charge in [0.15, 0.2) is 5.78 Å². The second-order valence-corrected chi connectivity index (χ2v) is 3.53. The highest BCUT2D eigenvalue weighted by atomic mass is 16.5. The number of carbonyl (C=O) groups is 1. The van der Waals surface area contributed by atoms with Crippen LogP contribution in [0, 0.1) is 0 Å². The van der Waals surface area contributed by atoms with Gasteiger partial charge in [0.05, 0.1) is 12.2 Å². The van der Waals surface area contributed by atoms with Crippen LogP contribution in [0.3, 0.4) is 0 Å². The number of nitrogens with zero attached hydrogens (tertiary/aromatic N) is 2. The summed E-state index contributed by atoms with van der Waals surface area (Å²) < 4.78 is 5.33. The zero-order valence-corrected chi connectivity index (χ0v) is 9.24. The summed E-state index contributed by atoms with van der Waals surface area (Å²) >= 11 is 0. The van der Waals surface area contributed by atoms with Gasteiger partial charge in [-0.25, -0.2) is 9.97 Å². The molecule has 86 valence electrons. The minimum absolute atomic E-state index is 0.0439. The first-order valence-corrected chi connectivity index (χ1v) is 5.26. The van der Waals surface area contributed by atoms with Crippen molar-refractivity contribution in [3.05, 3.63) is 60.2 Å². The molecule has 2 rings (SSSR count). The number of hydrogen-bond donors (Lipinski definition) is 0. The van der Waals surface area contributed by atoms with E-state index in [9.17, 15) is 4.79 Å². The first kappa shape index (κ1) is 11.4. The van der Waals surface area contributed by atoms with Crippen LogP contribution >= 0.6 is 0 Å². The van der Waals surface area contributed by atoms with E-state index in [1.165, 1.54) is 18.7 Å². The molecule has 0 aliphatic heterocycles. The summed E-state index contributed by atoms with van der Waals surface area (Å²) in [5.74, 6) is -0.110. The molecule has 0 N–H and O–H groups in total. The Labute approximate surface area is 99.3 Å². The fraction of sp³-hybridized carbons (Fsp3) is 0.154. The molecule has 0 bridgehead atoms. The highest BCUT2D eigenvalue weighted by Gasteiger charge is 2.05. The molecule has 4 heteroatoms. The van der Waals surface area contributed by atoms with Crippen LogP contribution in [0.2, 0.25) is 0 Å². The van der Waals surface area contributed by atoms with Crippen LogP contribution in [0.5, 0.6) is 0 Å². The fourth-order valence-corrected chi connectivity index (χ4v) is 1.36. The lowest BCUT2D eigenvalue weighted by Gasteiger charge is -2.03. The molecule has 2 aromatic rings. The Balaban J connectivity index is 1.82. The smallest absolute Gasteiger partial charge is 0.191 e. The predicted octanol–water partition coefficient (Wildman–Crippen LogP) is 1.88. The van der Waals surface area contributed by atoms with Gasteiger partial charge in [0, 0.05) is 12.4 Å². The molecule has 4 nitrogen and oxygen atoms in total. The molecule has 0 atom stereocenters. The van der Waals surface area contributed by atoms with Crippen molar-refractivity contribution in [1.29, 1.82) is 0 Å². The summed E-state index contributed by atoms with van der Waals surface area (Å²) in [4.78, 5) is 19.2. The van der Waals surface area contributed by atoms with Crippen LogP contribution in [0.25, 0.3) is 0 Å². The zero-order valence-electron chi connectivity index (χ0n) is 9.24. The molecule has 0 unspecified atom stereocenters. The lowest BCUT2D eigenvalue weighted by Crippen LogP contribution is -2.09. The molecule has 1 aromatic carbocycles. The van der Waals surface area contributed by atoms with E-state index >= 15 is 0 Å². The van der Waals surface area contributed by atoms with Crippen molar-refractivity contribution in [3.8, 4) is 0 Å². The third kappa shape index (κ3) is 3.46. The highest BCUT2D eigenvalue weighted by Crippen LogP contribution is 2.02. The summed E-state index contributed by atoms with van der Waals surface area (Å²) in [6.07, 6.45) is 4.37. The quantitative estimate of drug-likeness (QED) is 0.733. The van der Waals surface area contributed by atoms with Crippen molar-refractivity contribution in [1.82, 2.24) is 9.97 Å². The molecule has 0 saturated heterocycles. The van der Waals surface area contributed by atoms with Crippen LogP contribution in [0.1, 0.15) is 15.9 Å². The average Bonchev–Trinajstić information content (AvgIpc) is 2.41. The third-order valence-corrected chi connectivity index (χ3v) is 2.23. The molecule has 0 aliphatic carbocycles. The first-order chi connectivity index (χ1) is 8.36. The van der Waals surface area contributed by atoms with E-state index in [1.807, 2.05) is 30.3 Å². The second-order valence-electron chi connectivity index (χ2n) is 3.53. The van der Waals surface area contributed by atoms with Gasteiger partial charge in [0.1, 0.15) is 12.9 Å². The van der Waals surface area contributed by atoms with Gasteiger partial charge in [-0.15, -0.1) is 0 Å². The van der Waals surface area contributed by atoms with E-state index in [0.29, 0.717) is 12.2 Å². The normalized spacial score (nSPS) is 10.1. The Hall–Kier alpha value is -2.07. The van der Waals surface area contributed by atoms with Crippen LogP contribution in [0.15, 0.2) is 49.1 Å². The van der Waals surface area contributed by atoms with Gasteiger partial charge >= 0.3 is 0 Å². The first-order valence-electron chi connectivity index (χ1n) is 5.26. The number of benzene rings is 1. The van der Waals surface area contributed by atoms with Crippen LogP contribution < -0.4 is 0 Å². The van der Waals surface area contributed by atoms with E-state index in [-0.39, 0.29) is 12.4 Å². The van der Waals surface area contributed by atoms with Gasteiger partial charge in [0.25, 0.3) is 0 Å². The van der Waals surface area contributed by atoms with E-state index in [0.717, 1.165) is 5.56 Å². The van der Waals surface area contributed by atoms with Crippen molar-refractivity contribution in [2.75, 3.05) is 6.61 Å². The van der Waals surface area contributed by atoms with Gasteiger partial charge in [0.2, 0.25) is 0 Å². The van der Waals surface area contributed by atoms with E-state index < -0.39 is 0 Å². The summed E-state index contributed by atoms with van der Waals surface area (Å²) in [6.45, 7) is 0.475. The molecule has 0 fully saturated rings. The number of hydrogen-bond acceptors (Lipinski definition) is 4. The number of rotatable bonds is 5. The Bertz CT molecular complexity index is 471. The molecule has 17 heavy (non-hydrogen) atoms. The number of carbonyl (C=O) groups excluding carboxylic acids is 1. The van der Waals surface area contributed by atoms with Crippen molar-refractivity contribution >= 4 is 5.78 Å². The molecular weight excluding hydrogens is 216 g/mol. The van der Waals surface area contributed by atoms with Crippen LogP contribution in [-0.2, 0) is 11.3 Å². The number of aromatic nitrogens is 2. The number of ether oxygens (including phenoxy) is 1. The van der Waals surface area contributed by atoms with Crippen LogP contribution in [0.4, 0.5) is 0 Å². The van der Waals surface area contributed by atoms with Crippen molar-refractivity contribution in [2.24, 2.45) is 0 Å². The van der Waals surface area contributed by atoms with E-state index in [4.69, 9.17) is 4.74 Å². The molecule has 0 saturated carbocycles. The second kappa shape index (κ2) is 5.86. The van der Waals surface area contributed by atoms with Gasteiger partial charge < -0.3 is 4.74 Å². The molecule has 0 amide bonds. The molecule has 1 aromatic heterocycles. The zero-order chi connectivity index (χ0) is 11.9. The Morgan fingerprint density at radius 3 is 2.53 bits per heavy atom. The SMILES string of the molecule is O=C(COCc1ccccc1)c1cncnc1. The van der Waals surface area contributed by atoms with E-state index in [2.05, 4.69) is 9.97 Å². The van der Waals surface area contributed by atoms with Crippen molar-refractivity contribution in [3.63, 3.8) is 0 Å². The lowest BCUT2D eigenvalue weighted by molar-refractivity contribution is 0.0726. The van der Waals surface area contributed by atoms with Gasteiger partial charge in [-0.2, -0.15) is 0 Å². The monoisotopic (exact) mass is 228 g/mol. The fourth-order valence-electron chi connectivity index (χ4n) is 1.36. The maximum Gasteiger partial charge on any atom is 0.191 e. The summed E-state index contributed by atoms with van der Waals surface area (Å²) in [6, 6.07) is 9.72. The van der Waals surface area contributed by atoms with E-state index in [1.54, 1.807) is 0 Å². The van der Waals surface area contributed by atoms with Gasteiger partial charge in [-0.3, -0.25) is 4.79 Å². The lowest BCUT2D eigenvalue weighted by atomic mass is 10.2. The largest absolute Gasteiger partial charge is 0.369 e. The van der Waals surface area contributed by atoms with Crippen LogP contribution in [-0.4, -0.2) is 22.4 Å². The number of Topliss-reactive ketones (excluding diaryl/α,β-unsaturated/α-hetero) is 1. The Morgan fingerprint density at radius 1 is 1.12 bits per heavy atom. The maximum atomic E-state index is 11.6. The van der Waals surface area contributed by atoms with Crippen molar-refractivity contribution < 1.29 is 9.53 Å². The molecular formula is C13H12N2O2. The van der Waals surface area contributed by atoms with Crippen molar-refractivity contribution in [2.45, 2.75) is 6.61 Å². The maximum absolute atomic E-state index is 11.6. The number of ketones is 1. The predicted molar refractivity (Wildman–Crippen MR) is 62.5 cm³/mol. The minimum atomic E-state index is -0.110. The third-order valence-electron chi connectivity index (χ3n) is 2.23. The Kier molecular flexibility index (Phi) is 3.94. The molecule has 1 heterocycles. The molecule has 0 radical (unpaired) electrons. The minimum Gasteiger partial charge on any atom is -0.369 e. The topological polar surface area (TPSA) is 52.1 Å². The summed E-state index contributed by atoms with van der Waals surface area (Å²) in [7, 11) is 0. The standard InChI is InChI=1S/C13H12N2O2/c16-13(12-6-14-10-15-7-12)9-17-8-11-4-2-1-3-5-11/h1-7,10H,8-9H2.